The number of hydrogen-bond acceptors (Lipinski definition) is 2. The highest BCUT2D eigenvalue weighted by Crippen LogP contribution is 2.31. The lowest BCUT2D eigenvalue weighted by molar-refractivity contribution is -0.0327. The Hall–Kier alpha value is 0.100. The van der Waals surface area contributed by atoms with Gasteiger partial charge in [-0.3, -0.25) is 0 Å². The number of nitrogens with one attached hydrogen (secondary N) is 1. The van der Waals surface area contributed by atoms with Gasteiger partial charge in [-0.05, 0) is 31.0 Å². The molecule has 1 nitrogen and oxygen atoms in total. The summed E-state index contributed by atoms with van der Waals surface area (Å²) in [6, 6.07) is 0.351. The summed E-state index contributed by atoms with van der Waals surface area (Å²) < 4.78 is 35.4. The van der Waals surface area contributed by atoms with Gasteiger partial charge in [-0.1, -0.05) is 19.3 Å². The van der Waals surface area contributed by atoms with Crippen molar-refractivity contribution in [2.45, 2.75) is 44.2 Å². The molecule has 90 valence electrons. The summed E-state index contributed by atoms with van der Waals surface area (Å²) in [5.41, 5.74) is -4.08. The van der Waals surface area contributed by atoms with Crippen LogP contribution >= 0.6 is 11.8 Å². The van der Waals surface area contributed by atoms with Crippen molar-refractivity contribution in [3.05, 3.63) is 0 Å². The fraction of sp³-hybridized carbons (Fsp3) is 1.00. The molecule has 0 radical (unpaired) electrons. The number of thioether (sulfide) groups is 1. The molecule has 0 saturated heterocycles. The van der Waals surface area contributed by atoms with E-state index in [0.717, 1.165) is 12.3 Å². The third-order valence-electron chi connectivity index (χ3n) is 2.77. The second kappa shape index (κ2) is 5.99. The van der Waals surface area contributed by atoms with Crippen molar-refractivity contribution in [1.82, 2.24) is 5.32 Å². The van der Waals surface area contributed by atoms with E-state index in [0.29, 0.717) is 12.6 Å². The van der Waals surface area contributed by atoms with Crippen molar-refractivity contribution in [2.24, 2.45) is 5.92 Å². The first-order valence-corrected chi connectivity index (χ1v) is 6.40. The molecule has 0 aliphatic heterocycles. The second-order valence-corrected chi connectivity index (χ2v) is 5.34. The molecule has 0 aromatic heterocycles. The number of alkyl halides is 3. The molecular weight excluding hydrogens is 223 g/mol. The highest BCUT2D eigenvalue weighted by molar-refractivity contribution is 8.00. The Morgan fingerprint density at radius 2 is 2.07 bits per heavy atom. The van der Waals surface area contributed by atoms with Gasteiger partial charge in [0.25, 0.3) is 0 Å². The van der Waals surface area contributed by atoms with Gasteiger partial charge in [0.15, 0.2) is 0 Å². The zero-order chi connectivity index (χ0) is 11.3. The van der Waals surface area contributed by atoms with Crippen molar-refractivity contribution >= 4 is 11.8 Å². The summed E-state index contributed by atoms with van der Waals surface area (Å²) in [6.45, 7) is 2.49. The van der Waals surface area contributed by atoms with E-state index in [4.69, 9.17) is 0 Å². The molecule has 0 spiro atoms. The first kappa shape index (κ1) is 13.2. The largest absolute Gasteiger partial charge is 0.441 e. The van der Waals surface area contributed by atoms with Crippen LogP contribution in [0.4, 0.5) is 13.2 Å². The lowest BCUT2D eigenvalue weighted by Gasteiger charge is -2.28. The minimum atomic E-state index is -4.08. The number of hydrogen-bond donors (Lipinski definition) is 1. The van der Waals surface area contributed by atoms with Crippen LogP contribution < -0.4 is 5.32 Å². The first-order valence-electron chi connectivity index (χ1n) is 5.41. The maximum atomic E-state index is 11.8. The molecule has 1 fully saturated rings. The molecule has 0 bridgehead atoms. The monoisotopic (exact) mass is 241 g/mol. The van der Waals surface area contributed by atoms with Crippen LogP contribution in [0.15, 0.2) is 0 Å². The summed E-state index contributed by atoms with van der Waals surface area (Å²) in [4.78, 5) is 0. The van der Waals surface area contributed by atoms with E-state index >= 15 is 0 Å². The van der Waals surface area contributed by atoms with Crippen LogP contribution in [0.3, 0.4) is 0 Å². The van der Waals surface area contributed by atoms with E-state index < -0.39 is 5.51 Å². The molecule has 1 aliphatic carbocycles. The van der Waals surface area contributed by atoms with E-state index in [1.807, 2.05) is 0 Å². The Bertz CT molecular complexity index is 180. The quantitative estimate of drug-likeness (QED) is 0.715. The summed E-state index contributed by atoms with van der Waals surface area (Å²) in [5.74, 6) is 0.918. The Kier molecular flexibility index (Phi) is 5.26. The fourth-order valence-electron chi connectivity index (χ4n) is 1.78. The van der Waals surface area contributed by atoms with E-state index in [-0.39, 0.29) is 17.5 Å². The second-order valence-electron chi connectivity index (χ2n) is 4.18. The Balaban J connectivity index is 1.94. The van der Waals surface area contributed by atoms with Gasteiger partial charge in [0.1, 0.15) is 0 Å². The van der Waals surface area contributed by atoms with Crippen molar-refractivity contribution < 1.29 is 13.2 Å². The molecule has 1 atom stereocenters. The van der Waals surface area contributed by atoms with Crippen molar-refractivity contribution in [3.8, 4) is 0 Å². The zero-order valence-corrected chi connectivity index (χ0v) is 9.76. The van der Waals surface area contributed by atoms with Crippen molar-refractivity contribution in [3.63, 3.8) is 0 Å². The topological polar surface area (TPSA) is 12.0 Å². The maximum absolute atomic E-state index is 11.8. The molecule has 5 heteroatoms. The molecule has 1 rings (SSSR count). The predicted octanol–water partition coefficient (Wildman–Crippen LogP) is 3.41. The van der Waals surface area contributed by atoms with Gasteiger partial charge in [0.2, 0.25) is 0 Å². The van der Waals surface area contributed by atoms with Crippen LogP contribution in [0.25, 0.3) is 0 Å². The van der Waals surface area contributed by atoms with Crippen LogP contribution in [0, 0.1) is 5.92 Å². The summed E-state index contributed by atoms with van der Waals surface area (Å²) in [5, 5.41) is 3.13. The SMILES string of the molecule is CC(CC1CCC1)NCCSC(F)(F)F. The summed E-state index contributed by atoms with van der Waals surface area (Å²) in [6.07, 6.45) is 5.02. The Labute approximate surface area is 93.2 Å². The highest BCUT2D eigenvalue weighted by atomic mass is 32.2. The van der Waals surface area contributed by atoms with Crippen LogP contribution in [-0.4, -0.2) is 23.8 Å². The van der Waals surface area contributed by atoms with Gasteiger partial charge < -0.3 is 5.32 Å². The van der Waals surface area contributed by atoms with Gasteiger partial charge in [0, 0.05) is 18.3 Å². The molecule has 0 amide bonds. The van der Waals surface area contributed by atoms with Gasteiger partial charge in [0.05, 0.1) is 0 Å². The molecule has 0 aromatic carbocycles. The molecule has 1 N–H and O–H groups in total. The van der Waals surface area contributed by atoms with Crippen molar-refractivity contribution in [1.29, 1.82) is 0 Å². The average Bonchev–Trinajstić information content (AvgIpc) is 2.04. The smallest absolute Gasteiger partial charge is 0.313 e. The maximum Gasteiger partial charge on any atom is 0.441 e. The van der Waals surface area contributed by atoms with E-state index in [9.17, 15) is 13.2 Å². The number of rotatable bonds is 6. The van der Waals surface area contributed by atoms with Gasteiger partial charge in [-0.2, -0.15) is 13.2 Å². The highest BCUT2D eigenvalue weighted by Gasteiger charge is 2.27. The van der Waals surface area contributed by atoms with E-state index in [1.165, 1.54) is 19.3 Å². The molecule has 1 unspecified atom stereocenters. The summed E-state index contributed by atoms with van der Waals surface area (Å²) in [7, 11) is 0. The molecule has 0 heterocycles. The lowest BCUT2D eigenvalue weighted by Crippen LogP contribution is -2.32. The fourth-order valence-corrected chi connectivity index (χ4v) is 2.24. The molecule has 1 saturated carbocycles. The lowest BCUT2D eigenvalue weighted by atomic mass is 9.81. The van der Waals surface area contributed by atoms with E-state index in [2.05, 4.69) is 12.2 Å². The van der Waals surface area contributed by atoms with Crippen LogP contribution in [0.1, 0.15) is 32.6 Å². The van der Waals surface area contributed by atoms with E-state index in [1.54, 1.807) is 0 Å². The normalized spacial score (nSPS) is 20.0. The first-order chi connectivity index (χ1) is 6.97. The third kappa shape index (κ3) is 6.30. The summed E-state index contributed by atoms with van der Waals surface area (Å²) >= 11 is 0.0517. The minimum absolute atomic E-state index is 0.0517. The van der Waals surface area contributed by atoms with Gasteiger partial charge in [-0.15, -0.1) is 0 Å². The van der Waals surface area contributed by atoms with Crippen LogP contribution in [0.2, 0.25) is 0 Å². The van der Waals surface area contributed by atoms with Crippen LogP contribution in [0.5, 0.6) is 0 Å². The molecule has 0 aromatic rings. The van der Waals surface area contributed by atoms with Gasteiger partial charge in [-0.25, -0.2) is 0 Å². The Morgan fingerprint density at radius 3 is 2.53 bits per heavy atom. The number of halogens is 3. The Morgan fingerprint density at radius 1 is 1.40 bits per heavy atom. The average molecular weight is 241 g/mol. The third-order valence-corrected chi connectivity index (χ3v) is 3.51. The minimum Gasteiger partial charge on any atom is -0.313 e. The standard InChI is InChI=1S/C10H18F3NS/c1-8(7-9-3-2-4-9)14-5-6-15-10(11,12)13/h8-9,14H,2-7H2,1H3. The predicted molar refractivity (Wildman–Crippen MR) is 57.9 cm³/mol. The molecule has 15 heavy (non-hydrogen) atoms. The zero-order valence-electron chi connectivity index (χ0n) is 8.94. The molecular formula is C10H18F3NS. The van der Waals surface area contributed by atoms with Crippen LogP contribution in [-0.2, 0) is 0 Å². The molecule has 1 aliphatic rings. The van der Waals surface area contributed by atoms with Gasteiger partial charge >= 0.3 is 5.51 Å². The van der Waals surface area contributed by atoms with Crippen molar-refractivity contribution in [2.75, 3.05) is 12.3 Å².